The second-order valence-corrected chi connectivity index (χ2v) is 4.20. The highest BCUT2D eigenvalue weighted by atomic mass is 16.3. The molecular formula is C11H15N3O. The second-order valence-electron chi connectivity index (χ2n) is 4.20. The van der Waals surface area contributed by atoms with Crippen LogP contribution < -0.4 is 5.73 Å². The van der Waals surface area contributed by atoms with Gasteiger partial charge in [0.05, 0.1) is 11.0 Å². The highest BCUT2D eigenvalue weighted by Crippen LogP contribution is 2.20. The molecule has 0 aliphatic rings. The van der Waals surface area contributed by atoms with Gasteiger partial charge < -0.3 is 15.8 Å². The summed E-state index contributed by atoms with van der Waals surface area (Å²) >= 11 is 0. The lowest BCUT2D eigenvalue weighted by Gasteiger charge is -2.12. The summed E-state index contributed by atoms with van der Waals surface area (Å²) in [5.41, 5.74) is 7.42. The molecular weight excluding hydrogens is 190 g/mol. The quantitative estimate of drug-likeness (QED) is 0.690. The van der Waals surface area contributed by atoms with Crippen LogP contribution in [0.1, 0.15) is 25.2 Å². The average Bonchev–Trinajstić information content (AvgIpc) is 2.59. The molecule has 1 aromatic carbocycles. The number of fused-ring (bicyclic) bond motifs is 1. The molecule has 2 rings (SSSR count). The molecule has 0 atom stereocenters. The van der Waals surface area contributed by atoms with Gasteiger partial charge in [0.15, 0.2) is 0 Å². The molecule has 0 aliphatic heterocycles. The number of aromatic nitrogens is 2. The number of hydrogen-bond donors (Lipinski definition) is 3. The van der Waals surface area contributed by atoms with E-state index < -0.39 is 5.60 Å². The van der Waals surface area contributed by atoms with Gasteiger partial charge >= 0.3 is 0 Å². The Kier molecular flexibility index (Phi) is 2.25. The first-order valence-corrected chi connectivity index (χ1v) is 4.92. The van der Waals surface area contributed by atoms with E-state index in [9.17, 15) is 5.11 Å². The van der Waals surface area contributed by atoms with Crippen molar-refractivity contribution in [3.05, 3.63) is 29.6 Å². The molecule has 4 heteroatoms. The lowest BCUT2D eigenvalue weighted by Crippen LogP contribution is -2.17. The summed E-state index contributed by atoms with van der Waals surface area (Å²) in [6, 6.07) is 5.80. The summed E-state index contributed by atoms with van der Waals surface area (Å²) in [7, 11) is 0. The van der Waals surface area contributed by atoms with Crippen molar-refractivity contribution in [1.29, 1.82) is 0 Å². The number of rotatable bonds is 2. The smallest absolute Gasteiger partial charge is 0.138 e. The lowest BCUT2D eigenvalue weighted by atomic mass is 10.1. The Hall–Kier alpha value is -1.39. The van der Waals surface area contributed by atoms with Crippen LogP contribution in [0.25, 0.3) is 11.0 Å². The maximum Gasteiger partial charge on any atom is 0.138 e. The molecule has 80 valence electrons. The molecule has 0 bridgehead atoms. The number of hydrogen-bond acceptors (Lipinski definition) is 3. The van der Waals surface area contributed by atoms with Crippen LogP contribution in [0, 0.1) is 0 Å². The van der Waals surface area contributed by atoms with Crippen LogP contribution in [0.2, 0.25) is 0 Å². The molecule has 0 saturated carbocycles. The van der Waals surface area contributed by atoms with E-state index in [1.807, 2.05) is 18.2 Å². The van der Waals surface area contributed by atoms with E-state index >= 15 is 0 Å². The van der Waals surface area contributed by atoms with Gasteiger partial charge in [-0.05, 0) is 31.5 Å². The Morgan fingerprint density at radius 1 is 1.47 bits per heavy atom. The van der Waals surface area contributed by atoms with Gasteiger partial charge in [-0.25, -0.2) is 4.98 Å². The Morgan fingerprint density at radius 2 is 2.20 bits per heavy atom. The predicted molar refractivity (Wildman–Crippen MR) is 59.2 cm³/mol. The molecule has 0 unspecified atom stereocenters. The van der Waals surface area contributed by atoms with E-state index in [2.05, 4.69) is 9.97 Å². The lowest BCUT2D eigenvalue weighted by molar-refractivity contribution is 0.0700. The molecule has 0 radical (unpaired) electrons. The molecule has 1 heterocycles. The van der Waals surface area contributed by atoms with Gasteiger partial charge in [0.2, 0.25) is 0 Å². The molecule has 4 nitrogen and oxygen atoms in total. The molecule has 0 spiro atoms. The Labute approximate surface area is 88.1 Å². The van der Waals surface area contributed by atoms with E-state index in [0.29, 0.717) is 12.4 Å². The van der Waals surface area contributed by atoms with Crippen molar-refractivity contribution in [3.63, 3.8) is 0 Å². The number of aromatic amines is 1. The van der Waals surface area contributed by atoms with Crippen LogP contribution in [0.15, 0.2) is 18.2 Å². The minimum absolute atomic E-state index is 0.507. The number of benzene rings is 1. The zero-order valence-electron chi connectivity index (χ0n) is 8.91. The van der Waals surface area contributed by atoms with Crippen LogP contribution in [-0.4, -0.2) is 15.1 Å². The molecule has 4 N–H and O–H groups in total. The first kappa shape index (κ1) is 10.1. The van der Waals surface area contributed by atoms with Gasteiger partial charge in [-0.1, -0.05) is 6.07 Å². The number of H-pyrrole nitrogens is 1. The number of nitrogens with one attached hydrogen (secondary N) is 1. The molecule has 0 fully saturated rings. The van der Waals surface area contributed by atoms with Crippen molar-refractivity contribution in [3.8, 4) is 0 Å². The highest BCUT2D eigenvalue weighted by Gasteiger charge is 2.20. The fourth-order valence-electron chi connectivity index (χ4n) is 1.47. The van der Waals surface area contributed by atoms with Crippen LogP contribution in [0.4, 0.5) is 0 Å². The zero-order chi connectivity index (χ0) is 11.1. The SMILES string of the molecule is CC(C)(O)c1nc2ccc(CN)cc2[nH]1. The molecule has 0 aliphatic carbocycles. The monoisotopic (exact) mass is 205 g/mol. The third kappa shape index (κ3) is 1.86. The van der Waals surface area contributed by atoms with Crippen LogP contribution in [0.5, 0.6) is 0 Å². The summed E-state index contributed by atoms with van der Waals surface area (Å²) in [4.78, 5) is 7.41. The largest absolute Gasteiger partial charge is 0.383 e. The fourth-order valence-corrected chi connectivity index (χ4v) is 1.47. The zero-order valence-corrected chi connectivity index (χ0v) is 8.91. The van der Waals surface area contributed by atoms with Crippen molar-refractivity contribution in [2.24, 2.45) is 5.73 Å². The van der Waals surface area contributed by atoms with E-state index in [-0.39, 0.29) is 0 Å². The fraction of sp³-hybridized carbons (Fsp3) is 0.364. The predicted octanol–water partition coefficient (Wildman–Crippen LogP) is 1.25. The van der Waals surface area contributed by atoms with Gasteiger partial charge in [-0.15, -0.1) is 0 Å². The van der Waals surface area contributed by atoms with Crippen molar-refractivity contribution >= 4 is 11.0 Å². The molecule has 0 amide bonds. The number of imidazole rings is 1. The van der Waals surface area contributed by atoms with E-state index in [4.69, 9.17) is 5.73 Å². The highest BCUT2D eigenvalue weighted by molar-refractivity contribution is 5.76. The van der Waals surface area contributed by atoms with E-state index in [1.165, 1.54) is 0 Å². The van der Waals surface area contributed by atoms with Crippen LogP contribution in [0.3, 0.4) is 0 Å². The maximum atomic E-state index is 9.80. The average molecular weight is 205 g/mol. The maximum absolute atomic E-state index is 9.80. The first-order chi connectivity index (χ1) is 7.00. The standard InChI is InChI=1S/C11H15N3O/c1-11(2,15)10-13-8-4-3-7(6-12)5-9(8)14-10/h3-5,15H,6,12H2,1-2H3,(H,13,14). The summed E-state index contributed by atoms with van der Waals surface area (Å²) in [6.07, 6.45) is 0. The summed E-state index contributed by atoms with van der Waals surface area (Å²) in [5, 5.41) is 9.80. The third-order valence-electron chi connectivity index (χ3n) is 2.36. The second kappa shape index (κ2) is 3.32. The first-order valence-electron chi connectivity index (χ1n) is 4.92. The Bertz CT molecular complexity index is 482. The Balaban J connectivity index is 2.56. The van der Waals surface area contributed by atoms with Crippen molar-refractivity contribution < 1.29 is 5.11 Å². The van der Waals surface area contributed by atoms with Gasteiger partial charge in [0, 0.05) is 6.54 Å². The normalized spacial score (nSPS) is 12.3. The molecule has 15 heavy (non-hydrogen) atoms. The van der Waals surface area contributed by atoms with E-state index in [0.717, 1.165) is 16.6 Å². The summed E-state index contributed by atoms with van der Waals surface area (Å²) in [5.74, 6) is 0.576. The molecule has 1 aromatic heterocycles. The Morgan fingerprint density at radius 3 is 2.80 bits per heavy atom. The number of nitrogens with two attached hydrogens (primary N) is 1. The van der Waals surface area contributed by atoms with E-state index in [1.54, 1.807) is 13.8 Å². The topological polar surface area (TPSA) is 74.9 Å². The number of nitrogens with zero attached hydrogens (tertiary/aromatic N) is 1. The summed E-state index contributed by atoms with van der Waals surface area (Å²) < 4.78 is 0. The van der Waals surface area contributed by atoms with Crippen molar-refractivity contribution in [2.75, 3.05) is 0 Å². The molecule has 2 aromatic rings. The van der Waals surface area contributed by atoms with Gasteiger partial charge in [-0.3, -0.25) is 0 Å². The number of aliphatic hydroxyl groups is 1. The van der Waals surface area contributed by atoms with Gasteiger partial charge in [0.1, 0.15) is 11.4 Å². The summed E-state index contributed by atoms with van der Waals surface area (Å²) in [6.45, 7) is 3.91. The minimum atomic E-state index is -0.943. The molecule has 0 saturated heterocycles. The third-order valence-corrected chi connectivity index (χ3v) is 2.36. The van der Waals surface area contributed by atoms with Crippen LogP contribution in [-0.2, 0) is 12.1 Å². The van der Waals surface area contributed by atoms with Gasteiger partial charge in [0.25, 0.3) is 0 Å². The van der Waals surface area contributed by atoms with Crippen LogP contribution >= 0.6 is 0 Å². The van der Waals surface area contributed by atoms with Crippen molar-refractivity contribution in [1.82, 2.24) is 9.97 Å². The van der Waals surface area contributed by atoms with Crippen molar-refractivity contribution in [2.45, 2.75) is 26.0 Å². The van der Waals surface area contributed by atoms with Gasteiger partial charge in [-0.2, -0.15) is 0 Å². The minimum Gasteiger partial charge on any atom is -0.383 e.